The molecule has 0 spiro atoms. The molecule has 1 aromatic rings. The van der Waals surface area contributed by atoms with Crippen LogP contribution >= 0.6 is 11.8 Å². The Bertz CT molecular complexity index is 878. The number of nitrogens with one attached hydrogen (secondary N) is 2. The predicted octanol–water partition coefficient (Wildman–Crippen LogP) is 0.535. The molecule has 152 valence electrons. The normalized spacial score (nSPS) is 28.1. The first-order valence-electron chi connectivity index (χ1n) is 8.82. The zero-order valence-corrected chi connectivity index (χ0v) is 17.3. The van der Waals surface area contributed by atoms with Gasteiger partial charge in [0.25, 0.3) is 5.91 Å². The van der Waals surface area contributed by atoms with E-state index in [0.717, 1.165) is 17.1 Å². The number of benzene rings is 1. The average molecular weight is 428 g/mol. The van der Waals surface area contributed by atoms with Gasteiger partial charge in [-0.1, -0.05) is 30.3 Å². The molecule has 0 aromatic heterocycles. The second kappa shape index (κ2) is 8.19. The number of nitrogens with zero attached hydrogens (tertiary/aromatic N) is 2. The maximum absolute atomic E-state index is 13.4. The van der Waals surface area contributed by atoms with Gasteiger partial charge in [0.2, 0.25) is 5.54 Å². The van der Waals surface area contributed by atoms with Crippen LogP contribution in [0.25, 0.3) is 0 Å². The lowest BCUT2D eigenvalue weighted by atomic mass is 10.0. The SMILES string of the molecule is CNC(=O)NC(=O)C1([N+]2(OC)CCSCC2)C(N=S(=O)=O)C1c1ccccc1. The first-order valence-corrected chi connectivity index (χ1v) is 11.0. The number of hydrogen-bond donors (Lipinski definition) is 2. The minimum absolute atomic E-state index is 0.0756. The highest BCUT2D eigenvalue weighted by atomic mass is 32.2. The number of hydroxylamine groups is 3. The van der Waals surface area contributed by atoms with Gasteiger partial charge in [0, 0.05) is 18.6 Å². The Morgan fingerprint density at radius 2 is 1.89 bits per heavy atom. The average Bonchev–Trinajstić information content (AvgIpc) is 3.38. The van der Waals surface area contributed by atoms with Crippen molar-refractivity contribution in [2.24, 2.45) is 4.36 Å². The first kappa shape index (κ1) is 20.8. The molecule has 1 heterocycles. The molecule has 1 aliphatic carbocycles. The van der Waals surface area contributed by atoms with Crippen LogP contribution in [0.3, 0.4) is 0 Å². The highest BCUT2D eigenvalue weighted by Gasteiger charge is 2.84. The lowest BCUT2D eigenvalue weighted by molar-refractivity contribution is -1.12. The van der Waals surface area contributed by atoms with Gasteiger partial charge in [0.1, 0.15) is 19.1 Å². The van der Waals surface area contributed by atoms with Gasteiger partial charge >= 0.3 is 16.5 Å². The fourth-order valence-corrected chi connectivity index (χ4v) is 5.77. The molecule has 1 saturated heterocycles. The number of hydrogen-bond acceptors (Lipinski definition) is 7. The van der Waals surface area contributed by atoms with Gasteiger partial charge in [0.05, 0.1) is 13.0 Å². The summed E-state index contributed by atoms with van der Waals surface area (Å²) in [6.45, 7) is 1.01. The fraction of sp³-hybridized carbons (Fsp3) is 0.529. The van der Waals surface area contributed by atoms with Gasteiger partial charge in [-0.3, -0.25) is 10.1 Å². The fourth-order valence-electron chi connectivity index (χ4n) is 4.25. The summed E-state index contributed by atoms with van der Waals surface area (Å²) >= 11 is 1.74. The van der Waals surface area contributed by atoms with E-state index in [1.165, 1.54) is 14.2 Å². The van der Waals surface area contributed by atoms with Crippen molar-refractivity contribution in [1.29, 1.82) is 0 Å². The largest absolute Gasteiger partial charge is 0.341 e. The zero-order valence-electron chi connectivity index (χ0n) is 15.6. The second-order valence-electron chi connectivity index (χ2n) is 6.65. The van der Waals surface area contributed by atoms with Crippen molar-refractivity contribution in [1.82, 2.24) is 10.6 Å². The minimum Gasteiger partial charge on any atom is -0.341 e. The predicted molar refractivity (Wildman–Crippen MR) is 104 cm³/mol. The van der Waals surface area contributed by atoms with Crippen molar-refractivity contribution in [3.05, 3.63) is 35.9 Å². The van der Waals surface area contributed by atoms with Crippen LogP contribution in [0, 0.1) is 0 Å². The topological polar surface area (TPSA) is 114 Å². The molecule has 2 fully saturated rings. The second-order valence-corrected chi connectivity index (χ2v) is 8.52. The summed E-state index contributed by atoms with van der Waals surface area (Å²) in [6.07, 6.45) is 0. The van der Waals surface area contributed by atoms with Crippen molar-refractivity contribution in [3.63, 3.8) is 0 Å². The lowest BCUT2D eigenvalue weighted by Crippen LogP contribution is -2.68. The third kappa shape index (κ3) is 3.32. The number of carbonyl (C=O) groups excluding carboxylic acids is 2. The van der Waals surface area contributed by atoms with Crippen LogP contribution in [-0.2, 0) is 20.1 Å². The van der Waals surface area contributed by atoms with Crippen molar-refractivity contribution in [2.45, 2.75) is 17.5 Å². The van der Waals surface area contributed by atoms with Gasteiger partial charge in [-0.15, -0.1) is 11.8 Å². The Hall–Kier alpha value is -1.95. The van der Waals surface area contributed by atoms with Crippen LogP contribution < -0.4 is 10.6 Å². The number of rotatable bonds is 5. The molecule has 28 heavy (non-hydrogen) atoms. The van der Waals surface area contributed by atoms with Gasteiger partial charge < -0.3 is 5.32 Å². The molecule has 1 saturated carbocycles. The van der Waals surface area contributed by atoms with Crippen molar-refractivity contribution >= 4 is 34.2 Å². The maximum atomic E-state index is 13.4. The Balaban J connectivity index is 2.18. The molecule has 1 aromatic carbocycles. The van der Waals surface area contributed by atoms with E-state index in [-0.39, 0.29) is 4.65 Å². The quantitative estimate of drug-likeness (QED) is 0.663. The molecular formula is C17H23N4O5S2+. The molecule has 9 nitrogen and oxygen atoms in total. The smallest absolute Gasteiger partial charge is 0.321 e. The van der Waals surface area contributed by atoms with E-state index in [1.54, 1.807) is 11.8 Å². The molecule has 0 bridgehead atoms. The molecule has 0 radical (unpaired) electrons. The van der Waals surface area contributed by atoms with Crippen LogP contribution in [0.5, 0.6) is 0 Å². The molecule has 11 heteroatoms. The molecule has 3 atom stereocenters. The summed E-state index contributed by atoms with van der Waals surface area (Å²) in [4.78, 5) is 31.2. The third-order valence-electron chi connectivity index (χ3n) is 5.53. The maximum Gasteiger partial charge on any atom is 0.321 e. The van der Waals surface area contributed by atoms with E-state index in [4.69, 9.17) is 4.84 Å². The molecular weight excluding hydrogens is 404 g/mol. The Labute approximate surface area is 169 Å². The Morgan fingerprint density at radius 1 is 1.25 bits per heavy atom. The van der Waals surface area contributed by atoms with Crippen molar-refractivity contribution in [2.75, 3.05) is 38.8 Å². The number of amides is 3. The standard InChI is InChI=1S/C17H22N4O5S2/c1-18-16(23)19-15(22)17(21(26-2)8-10-27-11-9-21)13(14(17)20-28(24)25)12-6-4-3-5-7-12/h3-7,13-14H,8-11H2,1-2H3,(H-,18,19,22,23)/p+1. The third-order valence-corrected chi connectivity index (χ3v) is 6.87. The number of urea groups is 1. The van der Waals surface area contributed by atoms with Crippen LogP contribution in [0.2, 0.25) is 0 Å². The lowest BCUT2D eigenvalue weighted by Gasteiger charge is -2.43. The number of carbonyl (C=O) groups is 2. The van der Waals surface area contributed by atoms with Crippen molar-refractivity contribution < 1.29 is 27.5 Å². The van der Waals surface area contributed by atoms with E-state index in [1.807, 2.05) is 30.3 Å². The van der Waals surface area contributed by atoms with E-state index < -0.39 is 39.9 Å². The van der Waals surface area contributed by atoms with E-state index in [0.29, 0.717) is 13.1 Å². The van der Waals surface area contributed by atoms with E-state index in [9.17, 15) is 18.0 Å². The van der Waals surface area contributed by atoms with Crippen LogP contribution in [0.4, 0.5) is 4.79 Å². The number of quaternary nitrogens is 1. The minimum atomic E-state index is -2.71. The summed E-state index contributed by atoms with van der Waals surface area (Å²) in [5.74, 6) is 0.377. The van der Waals surface area contributed by atoms with Crippen LogP contribution in [0.15, 0.2) is 34.7 Å². The number of thioether (sulfide) groups is 1. The van der Waals surface area contributed by atoms with Crippen molar-refractivity contribution in [3.8, 4) is 0 Å². The summed E-state index contributed by atoms with van der Waals surface area (Å²) in [6, 6.07) is 7.63. The summed E-state index contributed by atoms with van der Waals surface area (Å²) in [7, 11) is 0.211. The molecule has 1 aliphatic heterocycles. The summed E-state index contributed by atoms with van der Waals surface area (Å²) < 4.78 is 26.7. The highest BCUT2D eigenvalue weighted by Crippen LogP contribution is 2.61. The monoisotopic (exact) mass is 427 g/mol. The molecule has 3 amide bonds. The van der Waals surface area contributed by atoms with Gasteiger partial charge in [-0.2, -0.15) is 17.4 Å². The summed E-state index contributed by atoms with van der Waals surface area (Å²) in [5.41, 5.74) is -0.564. The van der Waals surface area contributed by atoms with Gasteiger partial charge in [-0.25, -0.2) is 9.63 Å². The first-order chi connectivity index (χ1) is 13.4. The van der Waals surface area contributed by atoms with E-state index >= 15 is 0 Å². The molecule has 3 unspecified atom stereocenters. The van der Waals surface area contributed by atoms with Gasteiger partial charge in [-0.05, 0) is 5.56 Å². The molecule has 2 aliphatic rings. The highest BCUT2D eigenvalue weighted by molar-refractivity contribution is 7.99. The van der Waals surface area contributed by atoms with E-state index in [2.05, 4.69) is 15.0 Å². The zero-order chi connectivity index (χ0) is 20.4. The summed E-state index contributed by atoms with van der Waals surface area (Å²) in [5, 5.41) is 4.70. The molecule has 2 N–H and O–H groups in total. The number of imide groups is 1. The van der Waals surface area contributed by atoms with Gasteiger partial charge in [0.15, 0.2) is 0 Å². The Kier molecular flexibility index (Phi) is 6.08. The van der Waals surface area contributed by atoms with Crippen LogP contribution in [-0.4, -0.2) is 75.3 Å². The molecule has 3 rings (SSSR count). The Morgan fingerprint density at radius 3 is 2.43 bits per heavy atom. The van der Waals surface area contributed by atoms with Crippen LogP contribution in [0.1, 0.15) is 11.5 Å².